The number of nitrogens with zero attached hydrogens (tertiary/aromatic N) is 2. The second-order valence-corrected chi connectivity index (χ2v) is 8.29. The van der Waals surface area contributed by atoms with E-state index in [2.05, 4.69) is 24.1 Å². The molecule has 156 valence electrons. The normalized spacial score (nSPS) is 15.4. The first kappa shape index (κ1) is 23.5. The molecule has 1 heterocycles. The molecular formula is C17H25N3O7S. The molecule has 1 aliphatic heterocycles. The Balaban J connectivity index is 0.000000568. The number of carbonyl (C=O) groups is 3. The second-order valence-electron chi connectivity index (χ2n) is 6.35. The van der Waals surface area contributed by atoms with E-state index in [0.29, 0.717) is 24.8 Å². The van der Waals surface area contributed by atoms with Crippen molar-refractivity contribution in [1.82, 2.24) is 9.21 Å². The maximum atomic E-state index is 12.6. The molecule has 3 N–H and O–H groups in total. The topological polar surface area (TPSA) is 144 Å². The van der Waals surface area contributed by atoms with Crippen LogP contribution in [-0.4, -0.2) is 77.9 Å². The van der Waals surface area contributed by atoms with E-state index in [1.54, 1.807) is 12.1 Å². The van der Waals surface area contributed by atoms with Gasteiger partial charge in [-0.1, -0.05) is 0 Å². The molecule has 2 rings (SSSR count). The van der Waals surface area contributed by atoms with E-state index < -0.39 is 22.0 Å². The van der Waals surface area contributed by atoms with Gasteiger partial charge in [-0.15, -0.1) is 0 Å². The molecule has 0 aromatic heterocycles. The van der Waals surface area contributed by atoms with Gasteiger partial charge in [0.2, 0.25) is 15.9 Å². The number of nitrogens with one attached hydrogen (secondary N) is 1. The third kappa shape index (κ3) is 6.91. The molecule has 11 heteroatoms. The predicted molar refractivity (Wildman–Crippen MR) is 101 cm³/mol. The van der Waals surface area contributed by atoms with Gasteiger partial charge in [0.1, 0.15) is 0 Å². The molecule has 0 unspecified atom stereocenters. The number of carboxylic acids is 2. The largest absolute Gasteiger partial charge is 0.473 e. The number of hydrogen-bond donors (Lipinski definition) is 3. The van der Waals surface area contributed by atoms with Crippen molar-refractivity contribution in [3.05, 3.63) is 24.3 Å². The van der Waals surface area contributed by atoms with Gasteiger partial charge in [0.25, 0.3) is 0 Å². The molecule has 0 bridgehead atoms. The van der Waals surface area contributed by atoms with Gasteiger partial charge in [0.15, 0.2) is 0 Å². The van der Waals surface area contributed by atoms with Crippen molar-refractivity contribution in [2.24, 2.45) is 0 Å². The molecule has 10 nitrogen and oxygen atoms in total. The number of piperazine rings is 1. The van der Waals surface area contributed by atoms with Crippen molar-refractivity contribution in [1.29, 1.82) is 0 Å². The van der Waals surface area contributed by atoms with E-state index in [4.69, 9.17) is 19.8 Å². The minimum absolute atomic E-state index is 0.180. The van der Waals surface area contributed by atoms with E-state index in [9.17, 15) is 13.2 Å². The number of benzene rings is 1. The average molecular weight is 415 g/mol. The predicted octanol–water partition coefficient (Wildman–Crippen LogP) is 0.515. The third-order valence-electron chi connectivity index (χ3n) is 4.00. The summed E-state index contributed by atoms with van der Waals surface area (Å²) in [6.07, 6.45) is 0. The lowest BCUT2D eigenvalue weighted by molar-refractivity contribution is -0.159. The maximum absolute atomic E-state index is 12.6. The Kier molecular flexibility index (Phi) is 8.54. The lowest BCUT2D eigenvalue weighted by atomic mass is 10.3. The van der Waals surface area contributed by atoms with Gasteiger partial charge in [-0.25, -0.2) is 18.0 Å². The van der Waals surface area contributed by atoms with E-state index in [-0.39, 0.29) is 10.8 Å². The van der Waals surface area contributed by atoms with Crippen LogP contribution in [0.5, 0.6) is 0 Å². The molecule has 1 saturated heterocycles. The van der Waals surface area contributed by atoms with Crippen molar-refractivity contribution < 1.29 is 33.0 Å². The minimum Gasteiger partial charge on any atom is -0.473 e. The fraction of sp³-hybridized carbons (Fsp3) is 0.471. The number of carbonyl (C=O) groups excluding carboxylic acids is 1. The van der Waals surface area contributed by atoms with E-state index >= 15 is 0 Å². The van der Waals surface area contributed by atoms with Crippen molar-refractivity contribution in [2.75, 3.05) is 31.5 Å². The highest BCUT2D eigenvalue weighted by Crippen LogP contribution is 2.20. The number of aliphatic carboxylic acids is 2. The van der Waals surface area contributed by atoms with Gasteiger partial charge in [-0.05, 0) is 38.1 Å². The fourth-order valence-corrected chi connectivity index (χ4v) is 3.95. The lowest BCUT2D eigenvalue weighted by Crippen LogP contribution is -2.50. The summed E-state index contributed by atoms with van der Waals surface area (Å²) in [5, 5.41) is 17.4. The summed E-state index contributed by atoms with van der Waals surface area (Å²) in [4.78, 5) is 31.7. The first-order valence-electron chi connectivity index (χ1n) is 8.53. The van der Waals surface area contributed by atoms with Crippen LogP contribution < -0.4 is 5.32 Å². The van der Waals surface area contributed by atoms with Crippen LogP contribution >= 0.6 is 0 Å². The van der Waals surface area contributed by atoms with Crippen LogP contribution in [0.4, 0.5) is 5.69 Å². The summed E-state index contributed by atoms with van der Waals surface area (Å²) >= 11 is 0. The van der Waals surface area contributed by atoms with Crippen molar-refractivity contribution in [3.8, 4) is 0 Å². The van der Waals surface area contributed by atoms with Gasteiger partial charge < -0.3 is 15.5 Å². The molecule has 1 amide bonds. The highest BCUT2D eigenvalue weighted by Gasteiger charge is 2.29. The van der Waals surface area contributed by atoms with Gasteiger partial charge in [0, 0.05) is 44.8 Å². The summed E-state index contributed by atoms with van der Waals surface area (Å²) in [7, 11) is -3.46. The number of sulfonamides is 1. The highest BCUT2D eigenvalue weighted by atomic mass is 32.2. The summed E-state index contributed by atoms with van der Waals surface area (Å²) in [6, 6.07) is 6.73. The third-order valence-corrected chi connectivity index (χ3v) is 5.91. The average Bonchev–Trinajstić information content (AvgIpc) is 2.62. The number of anilines is 1. The van der Waals surface area contributed by atoms with Crippen LogP contribution in [0.1, 0.15) is 20.8 Å². The first-order chi connectivity index (χ1) is 12.9. The summed E-state index contributed by atoms with van der Waals surface area (Å²) in [5.41, 5.74) is 0.594. The molecule has 0 atom stereocenters. The van der Waals surface area contributed by atoms with Gasteiger partial charge in [0.05, 0.1) is 4.90 Å². The molecule has 1 aromatic carbocycles. The molecule has 1 aromatic rings. The van der Waals surface area contributed by atoms with Crippen LogP contribution in [-0.2, 0) is 24.4 Å². The van der Waals surface area contributed by atoms with Crippen LogP contribution in [0.3, 0.4) is 0 Å². The van der Waals surface area contributed by atoms with Crippen LogP contribution in [0, 0.1) is 0 Å². The molecule has 0 saturated carbocycles. The fourth-order valence-electron chi connectivity index (χ4n) is 2.52. The van der Waals surface area contributed by atoms with Crippen molar-refractivity contribution in [2.45, 2.75) is 31.7 Å². The molecular weight excluding hydrogens is 390 g/mol. The summed E-state index contributed by atoms with van der Waals surface area (Å²) < 4.78 is 26.8. The summed E-state index contributed by atoms with van der Waals surface area (Å²) in [5.74, 6) is -3.83. The monoisotopic (exact) mass is 415 g/mol. The van der Waals surface area contributed by atoms with Crippen molar-refractivity contribution in [3.63, 3.8) is 0 Å². The Morgan fingerprint density at radius 3 is 1.79 bits per heavy atom. The standard InChI is InChI=1S/C15H23N3O3S.C2H2O4/c1-12(2)17-8-10-18(11-9-17)22(20,21)15-6-4-14(5-7-15)16-13(3)19;3-1(4)2(5)6/h4-7,12H,8-11H2,1-3H3,(H,16,19);(H,3,4)(H,5,6). The second kappa shape index (κ2) is 10.2. The quantitative estimate of drug-likeness (QED) is 0.604. The van der Waals surface area contributed by atoms with Crippen LogP contribution in [0.25, 0.3) is 0 Å². The highest BCUT2D eigenvalue weighted by molar-refractivity contribution is 7.89. The number of hydrogen-bond acceptors (Lipinski definition) is 6. The van der Waals surface area contributed by atoms with Crippen LogP contribution in [0.15, 0.2) is 29.2 Å². The Labute approximate surface area is 163 Å². The number of amides is 1. The number of carboxylic acid groups (broad SMARTS) is 2. The SMILES string of the molecule is CC(=O)Nc1ccc(S(=O)(=O)N2CCN(C(C)C)CC2)cc1.O=C(O)C(=O)O. The Morgan fingerprint density at radius 1 is 0.964 bits per heavy atom. The minimum atomic E-state index is -3.46. The number of rotatable bonds is 4. The maximum Gasteiger partial charge on any atom is 0.414 e. The van der Waals surface area contributed by atoms with Crippen molar-refractivity contribution >= 4 is 33.6 Å². The first-order valence-corrected chi connectivity index (χ1v) is 9.97. The zero-order valence-corrected chi connectivity index (χ0v) is 16.8. The van der Waals surface area contributed by atoms with E-state index in [1.165, 1.54) is 23.4 Å². The lowest BCUT2D eigenvalue weighted by Gasteiger charge is -2.36. The zero-order valence-electron chi connectivity index (χ0n) is 16.0. The molecule has 1 aliphatic rings. The van der Waals surface area contributed by atoms with Crippen LogP contribution in [0.2, 0.25) is 0 Å². The Bertz CT molecular complexity index is 787. The Hall–Kier alpha value is -2.50. The van der Waals surface area contributed by atoms with E-state index in [0.717, 1.165) is 13.1 Å². The summed E-state index contributed by atoms with van der Waals surface area (Å²) in [6.45, 7) is 8.17. The Morgan fingerprint density at radius 2 is 1.43 bits per heavy atom. The molecule has 0 aliphatic carbocycles. The molecule has 1 fully saturated rings. The van der Waals surface area contributed by atoms with Gasteiger partial charge in [-0.3, -0.25) is 9.69 Å². The molecule has 0 radical (unpaired) electrons. The molecule has 0 spiro atoms. The van der Waals surface area contributed by atoms with Gasteiger partial charge in [-0.2, -0.15) is 4.31 Å². The van der Waals surface area contributed by atoms with Gasteiger partial charge >= 0.3 is 11.9 Å². The smallest absolute Gasteiger partial charge is 0.414 e. The zero-order chi connectivity index (χ0) is 21.5. The van der Waals surface area contributed by atoms with E-state index in [1.807, 2.05) is 0 Å². The molecule has 28 heavy (non-hydrogen) atoms.